The summed E-state index contributed by atoms with van der Waals surface area (Å²) in [5.41, 5.74) is 2.41. The number of rotatable bonds is 3. The van der Waals surface area contributed by atoms with E-state index in [2.05, 4.69) is 50.5 Å². The molecule has 0 aliphatic carbocycles. The van der Waals surface area contributed by atoms with Crippen molar-refractivity contribution < 1.29 is 4.79 Å². The second kappa shape index (κ2) is 5.33. The van der Waals surface area contributed by atoms with E-state index in [9.17, 15) is 4.79 Å². The van der Waals surface area contributed by atoms with Gasteiger partial charge in [-0.2, -0.15) is 0 Å². The molecule has 19 heavy (non-hydrogen) atoms. The highest BCUT2D eigenvalue weighted by molar-refractivity contribution is 5.83. The Morgan fingerprint density at radius 3 is 2.68 bits per heavy atom. The summed E-state index contributed by atoms with van der Waals surface area (Å²) in [4.78, 5) is 12.3. The minimum atomic E-state index is -0.0912. The Labute approximate surface area is 115 Å². The van der Waals surface area contributed by atoms with Gasteiger partial charge in [0.05, 0.1) is 6.04 Å². The minimum Gasteiger partial charge on any atom is -0.351 e. The molecule has 0 saturated carbocycles. The summed E-state index contributed by atoms with van der Waals surface area (Å²) < 4.78 is 0. The van der Waals surface area contributed by atoms with Crippen molar-refractivity contribution in [2.75, 3.05) is 6.54 Å². The molecule has 1 saturated heterocycles. The predicted octanol–water partition coefficient (Wildman–Crippen LogP) is 2.25. The first kappa shape index (κ1) is 14.1. The van der Waals surface area contributed by atoms with Crippen molar-refractivity contribution in [3.63, 3.8) is 0 Å². The van der Waals surface area contributed by atoms with Crippen LogP contribution >= 0.6 is 0 Å². The van der Waals surface area contributed by atoms with Gasteiger partial charge in [0, 0.05) is 6.54 Å². The fourth-order valence-corrected chi connectivity index (χ4v) is 2.63. The summed E-state index contributed by atoms with van der Waals surface area (Å²) in [5, 5.41) is 6.39. The standard InChI is InChI=1S/C16H24N2O/c1-11-7-5-6-8-13(11)10-18-15(19)14-16(3,4)12(2)9-17-14/h5-8,12,14,17H,9-10H2,1-4H3,(H,18,19). The molecule has 0 spiro atoms. The van der Waals surface area contributed by atoms with E-state index in [4.69, 9.17) is 0 Å². The lowest BCUT2D eigenvalue weighted by molar-refractivity contribution is -0.125. The van der Waals surface area contributed by atoms with Crippen LogP contribution in [0.2, 0.25) is 0 Å². The van der Waals surface area contributed by atoms with Gasteiger partial charge in [0.15, 0.2) is 0 Å². The topological polar surface area (TPSA) is 41.1 Å². The van der Waals surface area contributed by atoms with E-state index in [0.29, 0.717) is 12.5 Å². The maximum absolute atomic E-state index is 12.3. The zero-order valence-corrected chi connectivity index (χ0v) is 12.3. The Balaban J connectivity index is 1.98. The first-order chi connectivity index (χ1) is 8.93. The van der Waals surface area contributed by atoms with E-state index in [-0.39, 0.29) is 17.4 Å². The van der Waals surface area contributed by atoms with E-state index in [1.54, 1.807) is 0 Å². The van der Waals surface area contributed by atoms with Crippen LogP contribution in [0.25, 0.3) is 0 Å². The third-order valence-corrected chi connectivity index (χ3v) is 4.62. The fraction of sp³-hybridized carbons (Fsp3) is 0.562. The fourth-order valence-electron chi connectivity index (χ4n) is 2.63. The molecule has 2 rings (SSSR count). The van der Waals surface area contributed by atoms with Crippen LogP contribution in [0, 0.1) is 18.3 Å². The molecular weight excluding hydrogens is 236 g/mol. The number of carbonyl (C=O) groups excluding carboxylic acids is 1. The van der Waals surface area contributed by atoms with Crippen LogP contribution in [-0.2, 0) is 11.3 Å². The summed E-state index contributed by atoms with van der Waals surface area (Å²) >= 11 is 0. The molecule has 3 nitrogen and oxygen atoms in total. The highest BCUT2D eigenvalue weighted by Gasteiger charge is 2.44. The summed E-state index contributed by atoms with van der Waals surface area (Å²) in [6.45, 7) is 10.1. The lowest BCUT2D eigenvalue weighted by atomic mass is 9.77. The average molecular weight is 260 g/mol. The minimum absolute atomic E-state index is 0.00974. The van der Waals surface area contributed by atoms with Gasteiger partial charge in [0.1, 0.15) is 0 Å². The van der Waals surface area contributed by atoms with Gasteiger partial charge < -0.3 is 10.6 Å². The lowest BCUT2D eigenvalue weighted by Crippen LogP contribution is -2.47. The van der Waals surface area contributed by atoms with Crippen molar-refractivity contribution in [3.05, 3.63) is 35.4 Å². The third-order valence-electron chi connectivity index (χ3n) is 4.62. The van der Waals surface area contributed by atoms with Crippen LogP contribution in [0.15, 0.2) is 24.3 Å². The Hall–Kier alpha value is -1.35. The highest BCUT2D eigenvalue weighted by Crippen LogP contribution is 2.35. The number of benzene rings is 1. The molecule has 2 atom stereocenters. The summed E-state index contributed by atoms with van der Waals surface area (Å²) in [7, 11) is 0. The normalized spacial score (nSPS) is 25.3. The SMILES string of the molecule is Cc1ccccc1CNC(=O)C1NCC(C)C1(C)C. The van der Waals surface area contributed by atoms with Crippen molar-refractivity contribution in [1.29, 1.82) is 0 Å². The molecule has 1 aliphatic heterocycles. The number of hydrogen-bond acceptors (Lipinski definition) is 2. The molecule has 1 fully saturated rings. The summed E-state index contributed by atoms with van der Waals surface area (Å²) in [5.74, 6) is 0.624. The summed E-state index contributed by atoms with van der Waals surface area (Å²) in [6.07, 6.45) is 0. The highest BCUT2D eigenvalue weighted by atomic mass is 16.2. The van der Waals surface area contributed by atoms with Crippen molar-refractivity contribution in [2.45, 2.75) is 40.3 Å². The first-order valence-electron chi connectivity index (χ1n) is 6.98. The van der Waals surface area contributed by atoms with Gasteiger partial charge >= 0.3 is 0 Å². The number of carbonyl (C=O) groups is 1. The smallest absolute Gasteiger partial charge is 0.237 e. The second-order valence-electron chi connectivity index (χ2n) is 6.21. The monoisotopic (exact) mass is 260 g/mol. The van der Waals surface area contributed by atoms with Crippen LogP contribution in [0.3, 0.4) is 0 Å². The maximum atomic E-state index is 12.3. The second-order valence-corrected chi connectivity index (χ2v) is 6.21. The quantitative estimate of drug-likeness (QED) is 0.875. The van der Waals surface area contributed by atoms with Crippen LogP contribution in [-0.4, -0.2) is 18.5 Å². The van der Waals surface area contributed by atoms with Crippen LogP contribution < -0.4 is 10.6 Å². The molecule has 2 N–H and O–H groups in total. The molecule has 1 amide bonds. The van der Waals surface area contributed by atoms with Crippen LogP contribution in [0.4, 0.5) is 0 Å². The Morgan fingerprint density at radius 1 is 1.42 bits per heavy atom. The van der Waals surface area contributed by atoms with Crippen LogP contribution in [0.5, 0.6) is 0 Å². The van der Waals surface area contributed by atoms with Gasteiger partial charge in [-0.3, -0.25) is 4.79 Å². The predicted molar refractivity (Wildman–Crippen MR) is 77.8 cm³/mol. The van der Waals surface area contributed by atoms with Gasteiger partial charge in [-0.05, 0) is 35.9 Å². The molecule has 104 valence electrons. The van der Waals surface area contributed by atoms with Crippen molar-refractivity contribution in [3.8, 4) is 0 Å². The molecule has 0 aromatic heterocycles. The molecular formula is C16H24N2O. The van der Waals surface area contributed by atoms with Crippen molar-refractivity contribution in [2.24, 2.45) is 11.3 Å². The van der Waals surface area contributed by atoms with Crippen LogP contribution in [0.1, 0.15) is 31.9 Å². The molecule has 1 aromatic carbocycles. The number of hydrogen-bond donors (Lipinski definition) is 2. The van der Waals surface area contributed by atoms with Gasteiger partial charge in [-0.25, -0.2) is 0 Å². The van der Waals surface area contributed by atoms with Crippen molar-refractivity contribution in [1.82, 2.24) is 10.6 Å². The maximum Gasteiger partial charge on any atom is 0.237 e. The Morgan fingerprint density at radius 2 is 2.11 bits per heavy atom. The lowest BCUT2D eigenvalue weighted by Gasteiger charge is -2.29. The van der Waals surface area contributed by atoms with Gasteiger partial charge in [0.2, 0.25) is 5.91 Å². The number of nitrogens with one attached hydrogen (secondary N) is 2. The van der Waals surface area contributed by atoms with Gasteiger partial charge in [0.25, 0.3) is 0 Å². The third kappa shape index (κ3) is 2.81. The van der Waals surface area contributed by atoms with E-state index >= 15 is 0 Å². The largest absolute Gasteiger partial charge is 0.351 e. The molecule has 0 radical (unpaired) electrons. The Kier molecular flexibility index (Phi) is 3.95. The van der Waals surface area contributed by atoms with E-state index in [0.717, 1.165) is 6.54 Å². The number of amides is 1. The first-order valence-corrected chi connectivity index (χ1v) is 6.98. The van der Waals surface area contributed by atoms with E-state index < -0.39 is 0 Å². The van der Waals surface area contributed by atoms with Gasteiger partial charge in [-0.15, -0.1) is 0 Å². The van der Waals surface area contributed by atoms with E-state index in [1.807, 2.05) is 12.1 Å². The molecule has 1 aliphatic rings. The molecule has 2 unspecified atom stereocenters. The zero-order valence-electron chi connectivity index (χ0n) is 12.3. The molecule has 0 bridgehead atoms. The molecule has 1 aromatic rings. The zero-order chi connectivity index (χ0) is 14.0. The molecule has 3 heteroatoms. The van der Waals surface area contributed by atoms with Gasteiger partial charge in [-0.1, -0.05) is 45.0 Å². The van der Waals surface area contributed by atoms with E-state index in [1.165, 1.54) is 11.1 Å². The Bertz CT molecular complexity index is 468. The average Bonchev–Trinajstić information content (AvgIpc) is 2.63. The summed E-state index contributed by atoms with van der Waals surface area (Å²) in [6, 6.07) is 8.07. The van der Waals surface area contributed by atoms with Crippen molar-refractivity contribution >= 4 is 5.91 Å². The number of aryl methyl sites for hydroxylation is 1. The molecule has 1 heterocycles.